The fourth-order valence-electron chi connectivity index (χ4n) is 2.56. The molecule has 0 bridgehead atoms. The van der Waals surface area contributed by atoms with Gasteiger partial charge in [-0.05, 0) is 29.2 Å². The third-order valence-corrected chi connectivity index (χ3v) is 4.49. The topological polar surface area (TPSA) is 75.6 Å². The molecule has 0 aliphatic carbocycles. The quantitative estimate of drug-likeness (QED) is 0.847. The summed E-state index contributed by atoms with van der Waals surface area (Å²) in [4.78, 5) is 23.8. The highest BCUT2D eigenvalue weighted by Crippen LogP contribution is 2.28. The molecule has 3 unspecified atom stereocenters. The number of amides is 1. The van der Waals surface area contributed by atoms with Gasteiger partial charge in [-0.1, -0.05) is 33.3 Å². The number of carbonyl (C=O) groups is 2. The second-order valence-electron chi connectivity index (χ2n) is 5.92. The Morgan fingerprint density at radius 3 is 2.73 bits per heavy atom. The van der Waals surface area contributed by atoms with Crippen LogP contribution in [0.5, 0.6) is 5.75 Å². The fourth-order valence-corrected chi connectivity index (χ4v) is 2.56. The lowest BCUT2D eigenvalue weighted by Crippen LogP contribution is -2.38. The van der Waals surface area contributed by atoms with Crippen molar-refractivity contribution in [1.82, 2.24) is 5.32 Å². The SMILES string of the molecule is CCC(C)C(C)C(=O)NC(C(=O)O)c1ccc2c(c1)CCO2. The summed E-state index contributed by atoms with van der Waals surface area (Å²) in [6.45, 7) is 6.46. The van der Waals surface area contributed by atoms with Gasteiger partial charge in [0.25, 0.3) is 0 Å². The average Bonchev–Trinajstić information content (AvgIpc) is 2.97. The minimum atomic E-state index is -1.05. The van der Waals surface area contributed by atoms with Crippen LogP contribution in [0.3, 0.4) is 0 Å². The number of aliphatic carboxylic acids is 1. The average molecular weight is 305 g/mol. The molecular formula is C17H23NO4. The van der Waals surface area contributed by atoms with E-state index in [-0.39, 0.29) is 17.7 Å². The van der Waals surface area contributed by atoms with Gasteiger partial charge in [-0.3, -0.25) is 4.79 Å². The minimum absolute atomic E-state index is 0.211. The molecule has 1 aromatic rings. The molecule has 0 saturated carbocycles. The molecule has 1 aliphatic rings. The second kappa shape index (κ2) is 6.81. The van der Waals surface area contributed by atoms with Crippen molar-refractivity contribution in [2.45, 2.75) is 39.7 Å². The van der Waals surface area contributed by atoms with E-state index in [0.29, 0.717) is 12.2 Å². The first-order valence-corrected chi connectivity index (χ1v) is 7.72. The molecule has 0 spiro atoms. The van der Waals surface area contributed by atoms with E-state index in [0.717, 1.165) is 24.2 Å². The third-order valence-electron chi connectivity index (χ3n) is 4.49. The minimum Gasteiger partial charge on any atom is -0.493 e. The molecule has 2 N–H and O–H groups in total. The molecule has 0 aromatic heterocycles. The Kier molecular flexibility index (Phi) is 5.06. The first-order valence-electron chi connectivity index (χ1n) is 7.72. The normalized spacial score (nSPS) is 17.0. The van der Waals surface area contributed by atoms with Gasteiger partial charge in [0, 0.05) is 12.3 Å². The van der Waals surface area contributed by atoms with Crippen molar-refractivity contribution >= 4 is 11.9 Å². The van der Waals surface area contributed by atoms with Crippen molar-refractivity contribution in [1.29, 1.82) is 0 Å². The molecule has 120 valence electrons. The van der Waals surface area contributed by atoms with Crippen molar-refractivity contribution in [2.75, 3.05) is 6.61 Å². The maximum Gasteiger partial charge on any atom is 0.330 e. The molecule has 0 radical (unpaired) electrons. The van der Waals surface area contributed by atoms with Crippen molar-refractivity contribution in [2.24, 2.45) is 11.8 Å². The summed E-state index contributed by atoms with van der Waals surface area (Å²) in [7, 11) is 0. The van der Waals surface area contributed by atoms with Crippen LogP contribution in [-0.4, -0.2) is 23.6 Å². The first-order chi connectivity index (χ1) is 10.4. The summed E-state index contributed by atoms with van der Waals surface area (Å²) in [6.07, 6.45) is 1.65. The Hall–Kier alpha value is -2.04. The number of ether oxygens (including phenoxy) is 1. The molecule has 5 nitrogen and oxygen atoms in total. The molecule has 2 rings (SSSR count). The largest absolute Gasteiger partial charge is 0.493 e. The predicted octanol–water partition coefficient (Wildman–Crippen LogP) is 2.55. The standard InChI is InChI=1S/C17H23NO4/c1-4-10(2)11(3)16(19)18-15(17(20)21)13-5-6-14-12(9-13)7-8-22-14/h5-6,9-11,15H,4,7-8H2,1-3H3,(H,18,19)(H,20,21). The second-order valence-corrected chi connectivity index (χ2v) is 5.92. The smallest absolute Gasteiger partial charge is 0.330 e. The Morgan fingerprint density at radius 2 is 2.09 bits per heavy atom. The number of fused-ring (bicyclic) bond motifs is 1. The molecule has 22 heavy (non-hydrogen) atoms. The summed E-state index contributed by atoms with van der Waals surface area (Å²) in [5.74, 6) is -0.485. The fraction of sp³-hybridized carbons (Fsp3) is 0.529. The van der Waals surface area contributed by atoms with Gasteiger partial charge >= 0.3 is 5.97 Å². The van der Waals surface area contributed by atoms with Crippen LogP contribution in [0.4, 0.5) is 0 Å². The number of hydrogen-bond donors (Lipinski definition) is 2. The van der Waals surface area contributed by atoms with E-state index in [1.165, 1.54) is 0 Å². The Balaban J connectivity index is 2.17. The van der Waals surface area contributed by atoms with E-state index in [9.17, 15) is 14.7 Å². The van der Waals surface area contributed by atoms with Crippen LogP contribution in [0.15, 0.2) is 18.2 Å². The molecule has 1 amide bonds. The number of rotatable bonds is 6. The highest BCUT2D eigenvalue weighted by Gasteiger charge is 2.27. The van der Waals surface area contributed by atoms with Crippen molar-refractivity contribution < 1.29 is 19.4 Å². The molecule has 1 aromatic carbocycles. The van der Waals surface area contributed by atoms with Gasteiger partial charge in [-0.25, -0.2) is 4.79 Å². The summed E-state index contributed by atoms with van der Waals surface area (Å²) < 4.78 is 5.42. The number of hydrogen-bond acceptors (Lipinski definition) is 3. The van der Waals surface area contributed by atoms with Crippen LogP contribution in [0.25, 0.3) is 0 Å². The van der Waals surface area contributed by atoms with Crippen LogP contribution < -0.4 is 10.1 Å². The highest BCUT2D eigenvalue weighted by atomic mass is 16.5. The number of carbonyl (C=O) groups excluding carboxylic acids is 1. The van der Waals surface area contributed by atoms with Gasteiger partial charge in [-0.15, -0.1) is 0 Å². The van der Waals surface area contributed by atoms with E-state index in [4.69, 9.17) is 4.74 Å². The lowest BCUT2D eigenvalue weighted by atomic mass is 9.92. The molecule has 0 fully saturated rings. The van der Waals surface area contributed by atoms with Crippen molar-refractivity contribution in [3.63, 3.8) is 0 Å². The van der Waals surface area contributed by atoms with E-state index in [1.54, 1.807) is 12.1 Å². The molecule has 1 aliphatic heterocycles. The lowest BCUT2D eigenvalue weighted by molar-refractivity contribution is -0.142. The molecular weight excluding hydrogens is 282 g/mol. The first kappa shape index (κ1) is 16.3. The maximum absolute atomic E-state index is 12.3. The van der Waals surface area contributed by atoms with Gasteiger partial charge in [0.1, 0.15) is 5.75 Å². The summed E-state index contributed by atoms with van der Waals surface area (Å²) >= 11 is 0. The molecule has 1 heterocycles. The van der Waals surface area contributed by atoms with Crippen LogP contribution in [0, 0.1) is 11.8 Å². The zero-order chi connectivity index (χ0) is 16.3. The monoisotopic (exact) mass is 305 g/mol. The van der Waals surface area contributed by atoms with E-state index < -0.39 is 12.0 Å². The Bertz CT molecular complexity index is 570. The predicted molar refractivity (Wildman–Crippen MR) is 82.8 cm³/mol. The number of carboxylic acid groups (broad SMARTS) is 1. The summed E-state index contributed by atoms with van der Waals surface area (Å²) in [5, 5.41) is 12.1. The lowest BCUT2D eigenvalue weighted by Gasteiger charge is -2.21. The van der Waals surface area contributed by atoms with Crippen LogP contribution in [0.2, 0.25) is 0 Å². The molecule has 3 atom stereocenters. The van der Waals surface area contributed by atoms with Gasteiger partial charge < -0.3 is 15.2 Å². The number of nitrogens with one attached hydrogen (secondary N) is 1. The van der Waals surface area contributed by atoms with Crippen LogP contribution in [0.1, 0.15) is 44.4 Å². The Labute approximate surface area is 130 Å². The zero-order valence-electron chi connectivity index (χ0n) is 13.3. The Morgan fingerprint density at radius 1 is 1.36 bits per heavy atom. The summed E-state index contributed by atoms with van der Waals surface area (Å²) in [6, 6.07) is 4.27. The highest BCUT2D eigenvalue weighted by molar-refractivity contribution is 5.85. The molecule has 0 saturated heterocycles. The van der Waals surface area contributed by atoms with E-state index >= 15 is 0 Å². The van der Waals surface area contributed by atoms with Crippen molar-refractivity contribution in [3.05, 3.63) is 29.3 Å². The van der Waals surface area contributed by atoms with E-state index in [2.05, 4.69) is 5.32 Å². The van der Waals surface area contributed by atoms with Crippen LogP contribution >= 0.6 is 0 Å². The van der Waals surface area contributed by atoms with Crippen LogP contribution in [-0.2, 0) is 16.0 Å². The van der Waals surface area contributed by atoms with Crippen molar-refractivity contribution in [3.8, 4) is 5.75 Å². The number of benzene rings is 1. The third kappa shape index (κ3) is 3.40. The van der Waals surface area contributed by atoms with E-state index in [1.807, 2.05) is 26.8 Å². The van der Waals surface area contributed by atoms with Gasteiger partial charge in [0.05, 0.1) is 6.61 Å². The van der Waals surface area contributed by atoms with Gasteiger partial charge in [0.15, 0.2) is 6.04 Å². The number of carboxylic acids is 1. The summed E-state index contributed by atoms with van der Waals surface area (Å²) in [5.41, 5.74) is 1.58. The van der Waals surface area contributed by atoms with Gasteiger partial charge in [0.2, 0.25) is 5.91 Å². The zero-order valence-corrected chi connectivity index (χ0v) is 13.3. The molecule has 5 heteroatoms. The van der Waals surface area contributed by atoms with Gasteiger partial charge in [-0.2, -0.15) is 0 Å². The maximum atomic E-state index is 12.3.